The molecule has 4 aromatic rings. The number of anilines is 1. The van der Waals surface area contributed by atoms with Crippen LogP contribution in [0.25, 0.3) is 5.69 Å². The van der Waals surface area contributed by atoms with Crippen LogP contribution in [0.15, 0.2) is 42.5 Å². The number of aryl methyl sites for hydroxylation is 2. The summed E-state index contributed by atoms with van der Waals surface area (Å²) in [5.41, 5.74) is 3.05. The first-order valence-corrected chi connectivity index (χ1v) is 10.8. The number of hydrogen-bond acceptors (Lipinski definition) is 9. The Morgan fingerprint density at radius 2 is 1.79 bits per heavy atom. The fourth-order valence-corrected chi connectivity index (χ4v) is 3.24. The van der Waals surface area contributed by atoms with E-state index in [-0.39, 0.29) is 6.61 Å². The van der Waals surface area contributed by atoms with Gasteiger partial charge in [-0.1, -0.05) is 42.2 Å². The van der Waals surface area contributed by atoms with Crippen LogP contribution in [0.3, 0.4) is 0 Å². The molecule has 0 aliphatic heterocycles. The third-order valence-corrected chi connectivity index (χ3v) is 5.10. The summed E-state index contributed by atoms with van der Waals surface area (Å²) in [5.74, 6) is 2.46. The molecule has 172 valence electrons. The summed E-state index contributed by atoms with van der Waals surface area (Å²) in [5, 5.41) is 27.1. The van der Waals surface area contributed by atoms with E-state index in [1.807, 2.05) is 49.4 Å². The normalized spacial score (nSPS) is 10.9. The molecule has 4 rings (SSSR count). The molecule has 0 bridgehead atoms. The highest BCUT2D eigenvalue weighted by Crippen LogP contribution is 2.29. The second kappa shape index (κ2) is 10.5. The Labute approximate surface area is 191 Å². The predicted molar refractivity (Wildman–Crippen MR) is 121 cm³/mol. The van der Waals surface area contributed by atoms with E-state index in [4.69, 9.17) is 9.47 Å². The molecule has 1 N–H and O–H groups in total. The van der Waals surface area contributed by atoms with Crippen molar-refractivity contribution in [1.29, 1.82) is 0 Å². The Morgan fingerprint density at radius 3 is 2.58 bits per heavy atom. The molecular weight excluding hydrogens is 422 g/mol. The molecule has 0 aliphatic carbocycles. The molecule has 2 aromatic carbocycles. The van der Waals surface area contributed by atoms with Crippen molar-refractivity contribution in [2.24, 2.45) is 0 Å². The summed E-state index contributed by atoms with van der Waals surface area (Å²) in [6, 6.07) is 13.7. The van der Waals surface area contributed by atoms with Gasteiger partial charge in [0.05, 0.1) is 12.8 Å². The number of hydrogen-bond donors (Lipinski definition) is 1. The maximum Gasteiger partial charge on any atom is 0.243 e. The fourth-order valence-electron chi connectivity index (χ4n) is 3.24. The molecule has 0 fully saturated rings. The Morgan fingerprint density at radius 1 is 0.970 bits per heavy atom. The van der Waals surface area contributed by atoms with Crippen LogP contribution in [0.1, 0.15) is 36.7 Å². The minimum atomic E-state index is 0.195. The van der Waals surface area contributed by atoms with Gasteiger partial charge in [-0.3, -0.25) is 0 Å². The second-order valence-electron chi connectivity index (χ2n) is 7.55. The largest absolute Gasteiger partial charge is 0.493 e. The maximum atomic E-state index is 5.98. The molecule has 11 nitrogen and oxygen atoms in total. The number of ether oxygens (including phenoxy) is 2. The Bertz CT molecular complexity index is 1170. The van der Waals surface area contributed by atoms with Crippen molar-refractivity contribution in [3.8, 4) is 17.2 Å². The maximum absolute atomic E-state index is 5.98. The summed E-state index contributed by atoms with van der Waals surface area (Å²) >= 11 is 0. The molecule has 11 heteroatoms. The van der Waals surface area contributed by atoms with Crippen LogP contribution in [-0.2, 0) is 19.7 Å². The lowest BCUT2D eigenvalue weighted by atomic mass is 10.2. The SMILES string of the molecule is CCCCn1nnnc1NCc1ccc(OCc2nnnn2-c2ccc(C)cc2)c(OC)c1. The van der Waals surface area contributed by atoms with Gasteiger partial charge in [0.1, 0.15) is 0 Å². The van der Waals surface area contributed by atoms with Crippen molar-refractivity contribution < 1.29 is 9.47 Å². The zero-order valence-corrected chi connectivity index (χ0v) is 19.0. The number of unbranched alkanes of at least 4 members (excludes halogenated alkanes) is 1. The van der Waals surface area contributed by atoms with Crippen molar-refractivity contribution in [3.05, 3.63) is 59.4 Å². The molecule has 0 saturated carbocycles. The summed E-state index contributed by atoms with van der Waals surface area (Å²) < 4.78 is 15.0. The van der Waals surface area contributed by atoms with Crippen molar-refractivity contribution in [2.45, 2.75) is 46.4 Å². The molecule has 0 atom stereocenters. The van der Waals surface area contributed by atoms with Gasteiger partial charge in [0, 0.05) is 13.1 Å². The molecule has 2 aromatic heterocycles. The first-order valence-electron chi connectivity index (χ1n) is 10.8. The average Bonchev–Trinajstić information content (AvgIpc) is 3.50. The van der Waals surface area contributed by atoms with Gasteiger partial charge in [-0.2, -0.15) is 4.68 Å². The van der Waals surface area contributed by atoms with Gasteiger partial charge < -0.3 is 14.8 Å². The third-order valence-electron chi connectivity index (χ3n) is 5.10. The molecule has 0 radical (unpaired) electrons. The Balaban J connectivity index is 1.41. The van der Waals surface area contributed by atoms with Crippen LogP contribution in [0, 0.1) is 6.92 Å². The second-order valence-corrected chi connectivity index (χ2v) is 7.55. The van der Waals surface area contributed by atoms with E-state index in [1.165, 1.54) is 5.56 Å². The van der Waals surface area contributed by atoms with Crippen LogP contribution < -0.4 is 14.8 Å². The lowest BCUT2D eigenvalue weighted by Crippen LogP contribution is -2.09. The van der Waals surface area contributed by atoms with Gasteiger partial charge in [-0.25, -0.2) is 4.68 Å². The molecular formula is C22H27N9O2. The molecule has 2 heterocycles. The van der Waals surface area contributed by atoms with Crippen molar-refractivity contribution in [2.75, 3.05) is 12.4 Å². The first-order chi connectivity index (χ1) is 16.2. The number of tetrazole rings is 2. The zero-order chi connectivity index (χ0) is 23.0. The summed E-state index contributed by atoms with van der Waals surface area (Å²) in [6.07, 6.45) is 2.10. The number of methoxy groups -OCH3 is 1. The third kappa shape index (κ3) is 5.43. The molecule has 0 spiro atoms. The molecule has 0 aliphatic rings. The zero-order valence-electron chi connectivity index (χ0n) is 19.0. The summed E-state index contributed by atoms with van der Waals surface area (Å²) in [7, 11) is 1.61. The van der Waals surface area contributed by atoms with E-state index in [2.05, 4.69) is 43.3 Å². The van der Waals surface area contributed by atoms with Crippen LogP contribution in [-0.4, -0.2) is 47.5 Å². The smallest absolute Gasteiger partial charge is 0.243 e. The molecule has 0 saturated heterocycles. The number of benzene rings is 2. The van der Waals surface area contributed by atoms with Crippen LogP contribution in [0.4, 0.5) is 5.95 Å². The van der Waals surface area contributed by atoms with Gasteiger partial charge >= 0.3 is 0 Å². The van der Waals surface area contributed by atoms with Crippen LogP contribution in [0.5, 0.6) is 11.5 Å². The number of rotatable bonds is 11. The summed E-state index contributed by atoms with van der Waals surface area (Å²) in [6.45, 7) is 5.70. The number of aromatic nitrogens is 8. The van der Waals surface area contributed by atoms with E-state index in [1.54, 1.807) is 16.5 Å². The topological polar surface area (TPSA) is 118 Å². The highest BCUT2D eigenvalue weighted by atomic mass is 16.5. The van der Waals surface area contributed by atoms with E-state index in [0.29, 0.717) is 29.8 Å². The predicted octanol–water partition coefficient (Wildman–Crippen LogP) is 2.96. The van der Waals surface area contributed by atoms with Gasteiger partial charge in [-0.05, 0) is 64.0 Å². The molecule has 0 unspecified atom stereocenters. The van der Waals surface area contributed by atoms with Gasteiger partial charge in [0.15, 0.2) is 23.9 Å². The monoisotopic (exact) mass is 449 g/mol. The van der Waals surface area contributed by atoms with Crippen molar-refractivity contribution >= 4 is 5.95 Å². The van der Waals surface area contributed by atoms with E-state index in [9.17, 15) is 0 Å². The van der Waals surface area contributed by atoms with Crippen molar-refractivity contribution in [1.82, 2.24) is 40.4 Å². The number of nitrogens with zero attached hydrogens (tertiary/aromatic N) is 8. The van der Waals surface area contributed by atoms with E-state index in [0.717, 1.165) is 30.6 Å². The van der Waals surface area contributed by atoms with Crippen molar-refractivity contribution in [3.63, 3.8) is 0 Å². The summed E-state index contributed by atoms with van der Waals surface area (Å²) in [4.78, 5) is 0. The highest BCUT2D eigenvalue weighted by molar-refractivity contribution is 5.44. The van der Waals surface area contributed by atoms with Gasteiger partial charge in [0.2, 0.25) is 5.95 Å². The Hall–Kier alpha value is -4.02. The average molecular weight is 450 g/mol. The van der Waals surface area contributed by atoms with E-state index >= 15 is 0 Å². The Kier molecular flexibility index (Phi) is 7.08. The highest BCUT2D eigenvalue weighted by Gasteiger charge is 2.12. The minimum Gasteiger partial charge on any atom is -0.493 e. The standard InChI is InChI=1S/C22H27N9O2/c1-4-5-12-30-22(25-27-28-30)23-14-17-8-11-19(20(13-17)32-3)33-15-21-24-26-29-31(21)18-9-6-16(2)7-10-18/h6-11,13H,4-5,12,14-15H2,1-3H3,(H,23,25,28). The fraction of sp³-hybridized carbons (Fsp3) is 0.364. The first kappa shape index (κ1) is 22.2. The lowest BCUT2D eigenvalue weighted by molar-refractivity contribution is 0.273. The van der Waals surface area contributed by atoms with Crippen LogP contribution >= 0.6 is 0 Å². The lowest BCUT2D eigenvalue weighted by Gasteiger charge is -2.13. The van der Waals surface area contributed by atoms with Crippen LogP contribution in [0.2, 0.25) is 0 Å². The molecule has 0 amide bonds. The molecule has 33 heavy (non-hydrogen) atoms. The quantitative estimate of drug-likeness (QED) is 0.369. The van der Waals surface area contributed by atoms with Gasteiger partial charge in [0.25, 0.3) is 0 Å². The number of nitrogens with one attached hydrogen (secondary N) is 1. The van der Waals surface area contributed by atoms with E-state index < -0.39 is 0 Å². The van der Waals surface area contributed by atoms with Gasteiger partial charge in [-0.15, -0.1) is 5.10 Å². The minimum absolute atomic E-state index is 0.195.